The molecule has 2 aliphatic heterocycles. The first-order chi connectivity index (χ1) is 14.3. The molecule has 0 unspecified atom stereocenters. The van der Waals surface area contributed by atoms with E-state index in [-0.39, 0.29) is 5.56 Å². The number of rotatable bonds is 4. The van der Waals surface area contributed by atoms with E-state index in [4.69, 9.17) is 0 Å². The number of likely N-dealkylation sites (tertiary alicyclic amines) is 1. The number of nitrogens with zero attached hydrogens (tertiary/aromatic N) is 3. The number of carbonyl (C=O) groups excluding carboxylic acids is 1. The van der Waals surface area contributed by atoms with E-state index in [1.165, 1.54) is 24.2 Å². The molecule has 0 radical (unpaired) electrons. The zero-order valence-electron chi connectivity index (χ0n) is 16.8. The smallest absolute Gasteiger partial charge is 0.371 e. The molecule has 30 heavy (non-hydrogen) atoms. The second-order valence-electron chi connectivity index (χ2n) is 7.98. The van der Waals surface area contributed by atoms with Crippen LogP contribution in [0.1, 0.15) is 47.3 Å². The maximum absolute atomic E-state index is 13.5. The van der Waals surface area contributed by atoms with Crippen molar-refractivity contribution < 1.29 is 18.0 Å². The summed E-state index contributed by atoms with van der Waals surface area (Å²) in [6.07, 6.45) is -0.209. The lowest BCUT2D eigenvalue weighted by Gasteiger charge is -2.38. The fourth-order valence-corrected chi connectivity index (χ4v) is 4.95. The van der Waals surface area contributed by atoms with Gasteiger partial charge in [0, 0.05) is 35.8 Å². The lowest BCUT2D eigenvalue weighted by Crippen LogP contribution is -2.44. The maximum Gasteiger partial charge on any atom is 0.416 e. The number of benzene rings is 1. The van der Waals surface area contributed by atoms with Crippen LogP contribution in [-0.2, 0) is 6.18 Å². The van der Waals surface area contributed by atoms with Gasteiger partial charge >= 0.3 is 6.18 Å². The fourth-order valence-electron chi connectivity index (χ4n) is 4.27. The highest BCUT2D eigenvalue weighted by molar-refractivity contribution is 7.13. The van der Waals surface area contributed by atoms with Crippen LogP contribution >= 0.6 is 11.3 Å². The molecule has 4 rings (SSSR count). The highest BCUT2D eigenvalue weighted by atomic mass is 32.1. The van der Waals surface area contributed by atoms with Gasteiger partial charge in [0.1, 0.15) is 0 Å². The summed E-state index contributed by atoms with van der Waals surface area (Å²) in [5.74, 6) is -0.580. The molecule has 0 bridgehead atoms. The summed E-state index contributed by atoms with van der Waals surface area (Å²) in [6, 6.07) is 4.13. The van der Waals surface area contributed by atoms with Crippen molar-refractivity contribution in [1.82, 2.24) is 9.88 Å². The number of piperidine rings is 1. The zero-order valence-corrected chi connectivity index (χ0v) is 17.7. The monoisotopic (exact) mass is 438 g/mol. The molecule has 1 aromatic carbocycles. The van der Waals surface area contributed by atoms with Gasteiger partial charge in [-0.2, -0.15) is 13.2 Å². The first-order valence-corrected chi connectivity index (χ1v) is 11.1. The molecule has 2 aromatic rings. The average Bonchev–Trinajstić information content (AvgIpc) is 3.39. The molecule has 0 aliphatic carbocycles. The second-order valence-corrected chi connectivity index (χ2v) is 8.83. The van der Waals surface area contributed by atoms with Gasteiger partial charge in [0.2, 0.25) is 0 Å². The van der Waals surface area contributed by atoms with Crippen LogP contribution in [0.3, 0.4) is 0 Å². The Kier molecular flexibility index (Phi) is 6.02. The van der Waals surface area contributed by atoms with Crippen LogP contribution in [0.25, 0.3) is 0 Å². The van der Waals surface area contributed by atoms with Crippen LogP contribution in [0.2, 0.25) is 0 Å². The largest absolute Gasteiger partial charge is 0.416 e. The Morgan fingerprint density at radius 1 is 1.13 bits per heavy atom. The third-order valence-corrected chi connectivity index (χ3v) is 6.71. The van der Waals surface area contributed by atoms with Crippen molar-refractivity contribution in [3.8, 4) is 0 Å². The van der Waals surface area contributed by atoms with Gasteiger partial charge < -0.3 is 9.80 Å². The number of aromatic nitrogens is 1. The highest BCUT2D eigenvalue weighted by Gasteiger charge is 2.33. The lowest BCUT2D eigenvalue weighted by atomic mass is 10.0. The normalized spacial score (nSPS) is 18.7. The Balaban J connectivity index is 1.53. The number of anilines is 2. The van der Waals surface area contributed by atoms with Crippen molar-refractivity contribution in [2.75, 3.05) is 36.4 Å². The van der Waals surface area contributed by atoms with Gasteiger partial charge in [-0.3, -0.25) is 10.1 Å². The van der Waals surface area contributed by atoms with Crippen molar-refractivity contribution in [2.45, 2.75) is 44.8 Å². The van der Waals surface area contributed by atoms with Crippen LogP contribution in [-0.4, -0.2) is 48.0 Å². The molecule has 162 valence electrons. The molecule has 1 amide bonds. The number of halogens is 3. The average molecular weight is 439 g/mol. The number of hydrogen-bond donors (Lipinski definition) is 1. The number of amides is 1. The first-order valence-electron chi connectivity index (χ1n) is 10.2. The molecular weight excluding hydrogens is 413 g/mol. The minimum absolute atomic E-state index is 0.00524. The third kappa shape index (κ3) is 4.78. The molecule has 2 saturated heterocycles. The number of nitrogens with one attached hydrogen (secondary N) is 1. The van der Waals surface area contributed by atoms with Gasteiger partial charge in [-0.15, -0.1) is 11.3 Å². The van der Waals surface area contributed by atoms with E-state index in [0.717, 1.165) is 43.8 Å². The molecule has 2 aliphatic rings. The second kappa shape index (κ2) is 8.55. The van der Waals surface area contributed by atoms with E-state index in [9.17, 15) is 18.0 Å². The summed E-state index contributed by atoms with van der Waals surface area (Å²) >= 11 is 1.25. The predicted octanol–water partition coefficient (Wildman–Crippen LogP) is 4.79. The number of aryl methyl sites for hydroxylation is 1. The lowest BCUT2D eigenvalue weighted by molar-refractivity contribution is -0.137. The minimum Gasteiger partial charge on any atom is -0.371 e. The van der Waals surface area contributed by atoms with E-state index in [2.05, 4.69) is 15.2 Å². The predicted molar refractivity (Wildman–Crippen MR) is 112 cm³/mol. The summed E-state index contributed by atoms with van der Waals surface area (Å²) in [5.41, 5.74) is 0.391. The highest BCUT2D eigenvalue weighted by Crippen LogP contribution is 2.34. The van der Waals surface area contributed by atoms with Crippen LogP contribution < -0.4 is 10.2 Å². The van der Waals surface area contributed by atoms with Crippen molar-refractivity contribution in [3.05, 3.63) is 40.4 Å². The summed E-state index contributed by atoms with van der Waals surface area (Å²) in [7, 11) is 0. The van der Waals surface area contributed by atoms with Gasteiger partial charge in [0.15, 0.2) is 5.13 Å². The van der Waals surface area contributed by atoms with Crippen molar-refractivity contribution in [2.24, 2.45) is 0 Å². The van der Waals surface area contributed by atoms with Crippen LogP contribution in [0, 0.1) is 6.92 Å². The zero-order chi connectivity index (χ0) is 21.3. The first kappa shape index (κ1) is 21.1. The molecule has 1 aromatic heterocycles. The van der Waals surface area contributed by atoms with Crippen LogP contribution in [0.15, 0.2) is 23.6 Å². The summed E-state index contributed by atoms with van der Waals surface area (Å²) in [5, 5.41) is 4.76. The van der Waals surface area contributed by atoms with E-state index in [1.54, 1.807) is 18.4 Å². The quantitative estimate of drug-likeness (QED) is 0.746. The van der Waals surface area contributed by atoms with Gasteiger partial charge in [-0.25, -0.2) is 4.98 Å². The SMILES string of the molecule is Cc1csc(NC(=O)c2cc(N3CCC(N4CCCC4)CC3)cc(C(F)(F)F)c2)n1. The molecule has 9 heteroatoms. The van der Waals surface area contributed by atoms with Crippen molar-refractivity contribution in [1.29, 1.82) is 0 Å². The molecule has 1 N–H and O–H groups in total. The fraction of sp³-hybridized carbons (Fsp3) is 0.524. The molecule has 0 spiro atoms. The third-order valence-electron chi connectivity index (χ3n) is 5.83. The topological polar surface area (TPSA) is 48.5 Å². The molecular formula is C21H25F3N4OS. The summed E-state index contributed by atoms with van der Waals surface area (Å²) in [6.45, 7) is 5.41. The number of carbonyl (C=O) groups is 1. The Hall–Kier alpha value is -2.13. The van der Waals surface area contributed by atoms with Crippen molar-refractivity contribution >= 4 is 28.1 Å². The van der Waals surface area contributed by atoms with Crippen LogP contribution in [0.5, 0.6) is 0 Å². The Bertz CT molecular complexity index is 900. The number of hydrogen-bond acceptors (Lipinski definition) is 5. The van der Waals surface area contributed by atoms with E-state index in [1.807, 2.05) is 4.90 Å². The Morgan fingerprint density at radius 3 is 2.43 bits per heavy atom. The van der Waals surface area contributed by atoms with E-state index in [0.29, 0.717) is 30.0 Å². The summed E-state index contributed by atoms with van der Waals surface area (Å²) in [4.78, 5) is 21.2. The molecule has 5 nitrogen and oxygen atoms in total. The molecule has 0 saturated carbocycles. The Morgan fingerprint density at radius 2 is 1.83 bits per heavy atom. The maximum atomic E-state index is 13.5. The van der Waals surface area contributed by atoms with E-state index < -0.39 is 17.6 Å². The minimum atomic E-state index is -4.52. The number of alkyl halides is 3. The summed E-state index contributed by atoms with van der Waals surface area (Å²) < 4.78 is 40.5. The van der Waals surface area contributed by atoms with E-state index >= 15 is 0 Å². The molecule has 2 fully saturated rings. The van der Waals surface area contributed by atoms with Gasteiger partial charge in [0.05, 0.1) is 11.3 Å². The van der Waals surface area contributed by atoms with Gasteiger partial charge in [-0.1, -0.05) is 0 Å². The van der Waals surface area contributed by atoms with Gasteiger partial charge in [-0.05, 0) is 63.9 Å². The van der Waals surface area contributed by atoms with Crippen LogP contribution in [0.4, 0.5) is 24.0 Å². The van der Waals surface area contributed by atoms with Crippen molar-refractivity contribution in [3.63, 3.8) is 0 Å². The Labute approximate surface area is 177 Å². The molecule has 0 atom stereocenters. The standard InChI is InChI=1S/C21H25F3N4OS/c1-14-13-30-20(25-14)26-19(29)15-10-16(21(22,23)24)12-18(11-15)28-8-4-17(5-9-28)27-6-2-3-7-27/h10-13,17H,2-9H2,1H3,(H,25,26,29). The van der Waals surface area contributed by atoms with Gasteiger partial charge in [0.25, 0.3) is 5.91 Å². The molecule has 3 heterocycles. The number of thiazole rings is 1.